The number of nitrogens with zero attached hydrogens (tertiary/aromatic N) is 2. The van der Waals surface area contributed by atoms with Gasteiger partial charge in [0.1, 0.15) is 5.82 Å². The molecule has 0 atom stereocenters. The van der Waals surface area contributed by atoms with Crippen molar-refractivity contribution in [3.63, 3.8) is 0 Å². The third kappa shape index (κ3) is 2.68. The molecule has 3 N–H and O–H groups in total. The summed E-state index contributed by atoms with van der Waals surface area (Å²) in [6, 6.07) is 1.72. The number of urea groups is 1. The number of aromatic amines is 1. The van der Waals surface area contributed by atoms with Gasteiger partial charge >= 0.3 is 6.03 Å². The lowest BCUT2D eigenvalue weighted by atomic mass is 9.93. The van der Waals surface area contributed by atoms with Gasteiger partial charge in [0.05, 0.1) is 17.6 Å². The van der Waals surface area contributed by atoms with Crippen LogP contribution in [0.4, 0.5) is 16.3 Å². The minimum Gasteiger partial charge on any atom is -0.305 e. The van der Waals surface area contributed by atoms with Crippen LogP contribution in [0.1, 0.15) is 48.4 Å². The summed E-state index contributed by atoms with van der Waals surface area (Å²) in [5, 5.41) is 12.7. The highest BCUT2D eigenvalue weighted by Gasteiger charge is 2.28. The summed E-state index contributed by atoms with van der Waals surface area (Å²) in [7, 11) is 0. The molecule has 22 heavy (non-hydrogen) atoms. The zero-order valence-electron chi connectivity index (χ0n) is 12.4. The topological polar surface area (TPSA) is 82.7 Å². The first-order valence-electron chi connectivity index (χ1n) is 7.88. The summed E-state index contributed by atoms with van der Waals surface area (Å²) in [6.45, 7) is 0. The van der Waals surface area contributed by atoms with Crippen molar-refractivity contribution in [2.45, 2.75) is 44.4 Å². The molecule has 0 bridgehead atoms. The lowest BCUT2D eigenvalue weighted by molar-refractivity contribution is 0.262. The van der Waals surface area contributed by atoms with E-state index in [4.69, 9.17) is 0 Å². The number of hydrogen-bond donors (Lipinski definition) is 3. The van der Waals surface area contributed by atoms with Gasteiger partial charge in [-0.05, 0) is 55.7 Å². The Bertz CT molecular complexity index is 704. The number of amides is 2. The average Bonchev–Trinajstić information content (AvgIpc) is 3.27. The van der Waals surface area contributed by atoms with Gasteiger partial charge in [-0.2, -0.15) is 5.10 Å². The van der Waals surface area contributed by atoms with Crippen LogP contribution in [0.2, 0.25) is 0 Å². The van der Waals surface area contributed by atoms with Crippen molar-refractivity contribution >= 4 is 17.5 Å². The van der Waals surface area contributed by atoms with Crippen molar-refractivity contribution in [3.05, 3.63) is 35.3 Å². The highest BCUT2D eigenvalue weighted by atomic mass is 16.2. The maximum Gasteiger partial charge on any atom is 0.324 e. The fraction of sp³-hybridized carbons (Fsp3) is 0.438. The van der Waals surface area contributed by atoms with E-state index in [0.29, 0.717) is 11.7 Å². The van der Waals surface area contributed by atoms with E-state index in [0.717, 1.165) is 37.1 Å². The number of aryl methyl sites for hydroxylation is 2. The van der Waals surface area contributed by atoms with E-state index >= 15 is 0 Å². The van der Waals surface area contributed by atoms with Crippen molar-refractivity contribution in [1.82, 2.24) is 15.2 Å². The second kappa shape index (κ2) is 5.44. The second-order valence-corrected chi connectivity index (χ2v) is 6.10. The Labute approximate surface area is 128 Å². The Hall–Kier alpha value is -2.37. The summed E-state index contributed by atoms with van der Waals surface area (Å²) in [5.41, 5.74) is 4.40. The van der Waals surface area contributed by atoms with Gasteiger partial charge in [0.25, 0.3) is 0 Å². The van der Waals surface area contributed by atoms with E-state index in [9.17, 15) is 4.79 Å². The van der Waals surface area contributed by atoms with Crippen LogP contribution < -0.4 is 10.6 Å². The highest BCUT2D eigenvalue weighted by molar-refractivity contribution is 5.99. The molecule has 0 saturated heterocycles. The molecule has 1 fully saturated rings. The summed E-state index contributed by atoms with van der Waals surface area (Å²) in [5.74, 6) is 1.12. The average molecular weight is 297 g/mol. The van der Waals surface area contributed by atoms with Gasteiger partial charge < -0.3 is 5.32 Å². The van der Waals surface area contributed by atoms with Gasteiger partial charge in [0.2, 0.25) is 0 Å². The van der Waals surface area contributed by atoms with Gasteiger partial charge in [-0.3, -0.25) is 10.4 Å². The number of hydrogen-bond acceptors (Lipinski definition) is 3. The molecule has 6 nitrogen and oxygen atoms in total. The maximum atomic E-state index is 12.1. The van der Waals surface area contributed by atoms with Crippen LogP contribution in [-0.2, 0) is 12.8 Å². The molecular weight excluding hydrogens is 278 g/mol. The molecule has 0 unspecified atom stereocenters. The third-order valence-electron chi connectivity index (χ3n) is 4.37. The molecule has 2 amide bonds. The molecule has 4 rings (SSSR count). The molecule has 0 spiro atoms. The SMILES string of the molecule is O=C(Nc1cc2c(cn1)CCCC2)Nc1cn[nH]c1C1CC1. The van der Waals surface area contributed by atoms with E-state index in [1.54, 1.807) is 6.20 Å². The zero-order chi connectivity index (χ0) is 14.9. The quantitative estimate of drug-likeness (QED) is 0.813. The monoisotopic (exact) mass is 297 g/mol. The van der Waals surface area contributed by atoms with Crippen LogP contribution in [0.25, 0.3) is 0 Å². The Morgan fingerprint density at radius 2 is 1.95 bits per heavy atom. The Balaban J connectivity index is 1.44. The van der Waals surface area contributed by atoms with E-state index in [-0.39, 0.29) is 6.03 Å². The molecule has 0 aliphatic heterocycles. The first-order chi connectivity index (χ1) is 10.8. The second-order valence-electron chi connectivity index (χ2n) is 6.10. The maximum absolute atomic E-state index is 12.1. The highest BCUT2D eigenvalue weighted by Crippen LogP contribution is 2.42. The summed E-state index contributed by atoms with van der Waals surface area (Å²) < 4.78 is 0. The largest absolute Gasteiger partial charge is 0.324 e. The molecular formula is C16H19N5O. The molecule has 0 radical (unpaired) electrons. The predicted octanol–water partition coefficient (Wildman–Crippen LogP) is 3.20. The number of fused-ring (bicyclic) bond motifs is 1. The van der Waals surface area contributed by atoms with Gasteiger partial charge in [-0.25, -0.2) is 9.78 Å². The molecule has 114 valence electrons. The van der Waals surface area contributed by atoms with Gasteiger partial charge in [-0.15, -0.1) is 0 Å². The number of anilines is 2. The summed E-state index contributed by atoms with van der Waals surface area (Å²) >= 11 is 0. The Morgan fingerprint density at radius 3 is 2.77 bits per heavy atom. The van der Waals surface area contributed by atoms with Crippen molar-refractivity contribution in [1.29, 1.82) is 0 Å². The van der Waals surface area contributed by atoms with Gasteiger partial charge in [0, 0.05) is 12.1 Å². The lowest BCUT2D eigenvalue weighted by Gasteiger charge is -2.16. The Morgan fingerprint density at radius 1 is 1.14 bits per heavy atom. The van der Waals surface area contributed by atoms with Crippen molar-refractivity contribution in [3.8, 4) is 0 Å². The van der Waals surface area contributed by atoms with Crippen LogP contribution in [0.15, 0.2) is 18.5 Å². The number of pyridine rings is 1. The smallest absolute Gasteiger partial charge is 0.305 e. The van der Waals surface area contributed by atoms with Crippen molar-refractivity contribution < 1.29 is 4.79 Å². The zero-order valence-corrected chi connectivity index (χ0v) is 12.4. The van der Waals surface area contributed by atoms with E-state index in [1.807, 2.05) is 12.3 Å². The number of rotatable bonds is 3. The normalized spacial score (nSPS) is 16.9. The predicted molar refractivity (Wildman–Crippen MR) is 84.1 cm³/mol. The van der Waals surface area contributed by atoms with Crippen molar-refractivity contribution in [2.75, 3.05) is 10.6 Å². The first-order valence-corrected chi connectivity index (χ1v) is 7.88. The molecule has 2 aromatic rings. The summed E-state index contributed by atoms with van der Waals surface area (Å²) in [6.07, 6.45) is 10.5. The third-order valence-corrected chi connectivity index (χ3v) is 4.37. The van der Waals surface area contributed by atoms with Crippen molar-refractivity contribution in [2.24, 2.45) is 0 Å². The number of carbonyl (C=O) groups excluding carboxylic acids is 1. The van der Waals surface area contributed by atoms with Gasteiger partial charge in [0.15, 0.2) is 0 Å². The molecule has 2 aromatic heterocycles. The molecule has 2 heterocycles. The van der Waals surface area contributed by atoms with E-state index < -0.39 is 0 Å². The van der Waals surface area contributed by atoms with Crippen LogP contribution in [0, 0.1) is 0 Å². The van der Waals surface area contributed by atoms with Crippen LogP contribution in [-0.4, -0.2) is 21.2 Å². The molecule has 1 saturated carbocycles. The lowest BCUT2D eigenvalue weighted by Crippen LogP contribution is -2.21. The van der Waals surface area contributed by atoms with Gasteiger partial charge in [-0.1, -0.05) is 0 Å². The minimum atomic E-state index is -0.272. The number of H-pyrrole nitrogens is 1. The van der Waals surface area contributed by atoms with Crippen LogP contribution >= 0.6 is 0 Å². The fourth-order valence-electron chi connectivity index (χ4n) is 3.03. The molecule has 2 aliphatic carbocycles. The number of nitrogens with one attached hydrogen (secondary N) is 3. The minimum absolute atomic E-state index is 0.272. The van der Waals surface area contributed by atoms with Crippen LogP contribution in [0.3, 0.4) is 0 Å². The number of carbonyl (C=O) groups is 1. The fourth-order valence-corrected chi connectivity index (χ4v) is 3.03. The number of aromatic nitrogens is 3. The first kappa shape index (κ1) is 13.3. The molecule has 0 aromatic carbocycles. The summed E-state index contributed by atoms with van der Waals surface area (Å²) in [4.78, 5) is 16.5. The molecule has 6 heteroatoms. The van der Waals surface area contributed by atoms with E-state index in [2.05, 4.69) is 25.8 Å². The van der Waals surface area contributed by atoms with E-state index in [1.165, 1.54) is 24.0 Å². The molecule has 2 aliphatic rings. The van der Waals surface area contributed by atoms with Crippen LogP contribution in [0.5, 0.6) is 0 Å². The Kier molecular flexibility index (Phi) is 3.29. The standard InChI is InChI=1S/C16H19N5O/c22-16(19-13-9-18-21-15(13)10-5-6-10)20-14-7-11-3-1-2-4-12(11)8-17-14/h7-10H,1-6H2,(H,18,21)(H2,17,19,20,22).